The molecule has 0 bridgehead atoms. The Hall–Kier alpha value is -1.13. The van der Waals surface area contributed by atoms with Gasteiger partial charge in [-0.3, -0.25) is 4.79 Å². The summed E-state index contributed by atoms with van der Waals surface area (Å²) in [6, 6.07) is 2.92. The van der Waals surface area contributed by atoms with Crippen LogP contribution in [0.2, 0.25) is 0 Å². The van der Waals surface area contributed by atoms with E-state index >= 15 is 0 Å². The van der Waals surface area contributed by atoms with Gasteiger partial charge in [-0.2, -0.15) is 0 Å². The molecule has 0 aliphatic carbocycles. The van der Waals surface area contributed by atoms with Crippen molar-refractivity contribution in [1.29, 1.82) is 0 Å². The van der Waals surface area contributed by atoms with Crippen LogP contribution < -0.4 is 5.43 Å². The van der Waals surface area contributed by atoms with Crippen molar-refractivity contribution in [3.8, 4) is 0 Å². The molecular formula is C13H20O4. The number of methoxy groups -OCH3 is 2. The smallest absolute Gasteiger partial charge is 0.185 e. The maximum atomic E-state index is 11.1. The lowest BCUT2D eigenvalue weighted by atomic mass is 10.1. The van der Waals surface area contributed by atoms with Crippen molar-refractivity contribution >= 4 is 0 Å². The fourth-order valence-electron chi connectivity index (χ4n) is 1.68. The van der Waals surface area contributed by atoms with Crippen molar-refractivity contribution in [3.63, 3.8) is 0 Å². The lowest BCUT2D eigenvalue weighted by Gasteiger charge is -2.14. The Balaban J connectivity index is 2.38. The van der Waals surface area contributed by atoms with E-state index in [9.17, 15) is 4.79 Å². The molecule has 1 aromatic rings. The number of unbranched alkanes of at least 4 members (excludes halogenated alkanes) is 1. The van der Waals surface area contributed by atoms with Gasteiger partial charge in [0.25, 0.3) is 0 Å². The second-order valence-corrected chi connectivity index (χ2v) is 3.98. The van der Waals surface area contributed by atoms with E-state index < -0.39 is 0 Å². The van der Waals surface area contributed by atoms with Gasteiger partial charge >= 0.3 is 0 Å². The van der Waals surface area contributed by atoms with Crippen LogP contribution in [-0.2, 0) is 15.9 Å². The predicted octanol–water partition coefficient (Wildman–Crippen LogP) is 2.01. The normalized spacial score (nSPS) is 12.6. The second-order valence-electron chi connectivity index (χ2n) is 3.98. The molecular weight excluding hydrogens is 220 g/mol. The van der Waals surface area contributed by atoms with Crippen LogP contribution in [0.4, 0.5) is 0 Å². The third kappa shape index (κ3) is 5.65. The van der Waals surface area contributed by atoms with E-state index in [4.69, 9.17) is 13.9 Å². The third-order valence-corrected chi connectivity index (χ3v) is 2.64. The standard InChI is InChI=1S/C13H20O4/c1-15-7-4-3-5-12(16-2)10-13-9-11(14)6-8-17-13/h6,8-9,12H,3-5,7,10H2,1-2H3. The Morgan fingerprint density at radius 1 is 1.35 bits per heavy atom. The average molecular weight is 240 g/mol. The average Bonchev–Trinajstić information content (AvgIpc) is 2.33. The molecule has 1 heterocycles. The number of hydrogen-bond donors (Lipinski definition) is 0. The van der Waals surface area contributed by atoms with Crippen LogP contribution in [0.3, 0.4) is 0 Å². The van der Waals surface area contributed by atoms with Crippen molar-refractivity contribution < 1.29 is 13.9 Å². The third-order valence-electron chi connectivity index (χ3n) is 2.64. The summed E-state index contributed by atoms with van der Waals surface area (Å²) in [5.41, 5.74) is -0.0273. The summed E-state index contributed by atoms with van der Waals surface area (Å²) >= 11 is 0. The minimum absolute atomic E-state index is 0.0273. The van der Waals surface area contributed by atoms with Gasteiger partial charge < -0.3 is 13.9 Å². The minimum Gasteiger partial charge on any atom is -0.469 e. The molecule has 0 fully saturated rings. The first kappa shape index (κ1) is 13.9. The molecule has 0 aliphatic rings. The molecule has 17 heavy (non-hydrogen) atoms. The lowest BCUT2D eigenvalue weighted by molar-refractivity contribution is 0.0855. The van der Waals surface area contributed by atoms with Crippen molar-refractivity contribution in [2.24, 2.45) is 0 Å². The largest absolute Gasteiger partial charge is 0.469 e. The summed E-state index contributed by atoms with van der Waals surface area (Å²) in [4.78, 5) is 11.1. The molecule has 0 amide bonds. The van der Waals surface area contributed by atoms with Crippen molar-refractivity contribution in [2.45, 2.75) is 31.8 Å². The molecule has 1 atom stereocenters. The van der Waals surface area contributed by atoms with Gasteiger partial charge in [-0.1, -0.05) is 0 Å². The van der Waals surface area contributed by atoms with Gasteiger partial charge in [-0.05, 0) is 19.3 Å². The van der Waals surface area contributed by atoms with E-state index in [0.717, 1.165) is 25.9 Å². The Labute approximate surface area is 102 Å². The number of ether oxygens (including phenoxy) is 2. The van der Waals surface area contributed by atoms with Crippen molar-refractivity contribution in [1.82, 2.24) is 0 Å². The Kier molecular flexibility index (Phi) is 6.58. The van der Waals surface area contributed by atoms with E-state index in [1.54, 1.807) is 14.2 Å². The molecule has 0 aliphatic heterocycles. The van der Waals surface area contributed by atoms with Gasteiger partial charge in [0.2, 0.25) is 0 Å². The summed E-state index contributed by atoms with van der Waals surface area (Å²) in [5.74, 6) is 0.677. The Bertz CT molecular complexity index is 358. The van der Waals surface area contributed by atoms with E-state index in [-0.39, 0.29) is 11.5 Å². The Morgan fingerprint density at radius 3 is 2.82 bits per heavy atom. The van der Waals surface area contributed by atoms with E-state index in [1.165, 1.54) is 18.4 Å². The topological polar surface area (TPSA) is 48.7 Å². The molecule has 0 saturated heterocycles. The zero-order chi connectivity index (χ0) is 12.5. The molecule has 4 heteroatoms. The molecule has 96 valence electrons. The zero-order valence-electron chi connectivity index (χ0n) is 10.5. The molecule has 1 aromatic heterocycles. The highest BCUT2D eigenvalue weighted by molar-refractivity contribution is 5.01. The van der Waals surface area contributed by atoms with Gasteiger partial charge in [0.1, 0.15) is 5.76 Å². The van der Waals surface area contributed by atoms with E-state index in [0.29, 0.717) is 12.2 Å². The molecule has 4 nitrogen and oxygen atoms in total. The number of hydrogen-bond acceptors (Lipinski definition) is 4. The summed E-state index contributed by atoms with van der Waals surface area (Å²) in [6.07, 6.45) is 5.17. The molecule has 0 aromatic carbocycles. The van der Waals surface area contributed by atoms with Crippen LogP contribution in [0.25, 0.3) is 0 Å². The van der Waals surface area contributed by atoms with Crippen molar-refractivity contribution in [2.75, 3.05) is 20.8 Å². The molecule has 1 rings (SSSR count). The first-order valence-corrected chi connectivity index (χ1v) is 5.85. The highest BCUT2D eigenvalue weighted by Gasteiger charge is 2.10. The van der Waals surface area contributed by atoms with E-state index in [1.807, 2.05) is 0 Å². The predicted molar refractivity (Wildman–Crippen MR) is 65.2 cm³/mol. The first-order valence-electron chi connectivity index (χ1n) is 5.85. The monoisotopic (exact) mass is 240 g/mol. The van der Waals surface area contributed by atoms with Crippen LogP contribution in [0.15, 0.2) is 27.6 Å². The minimum atomic E-state index is -0.0273. The summed E-state index contributed by atoms with van der Waals surface area (Å²) in [5, 5.41) is 0. The summed E-state index contributed by atoms with van der Waals surface area (Å²) in [7, 11) is 3.38. The molecule has 0 spiro atoms. The summed E-state index contributed by atoms with van der Waals surface area (Å²) in [6.45, 7) is 0.775. The van der Waals surface area contributed by atoms with Crippen LogP contribution in [0.1, 0.15) is 25.0 Å². The fraction of sp³-hybridized carbons (Fsp3) is 0.615. The maximum Gasteiger partial charge on any atom is 0.185 e. The molecule has 1 unspecified atom stereocenters. The molecule has 0 N–H and O–H groups in total. The van der Waals surface area contributed by atoms with Crippen LogP contribution in [-0.4, -0.2) is 26.9 Å². The van der Waals surface area contributed by atoms with Gasteiger partial charge in [-0.15, -0.1) is 0 Å². The fourth-order valence-corrected chi connectivity index (χ4v) is 1.68. The second kappa shape index (κ2) is 8.03. The van der Waals surface area contributed by atoms with Gasteiger partial charge in [-0.25, -0.2) is 0 Å². The van der Waals surface area contributed by atoms with Crippen LogP contribution in [0, 0.1) is 0 Å². The van der Waals surface area contributed by atoms with Gasteiger partial charge in [0, 0.05) is 39.4 Å². The quantitative estimate of drug-likeness (QED) is 0.652. The zero-order valence-corrected chi connectivity index (χ0v) is 10.5. The molecule has 0 radical (unpaired) electrons. The van der Waals surface area contributed by atoms with E-state index in [2.05, 4.69) is 0 Å². The van der Waals surface area contributed by atoms with Gasteiger partial charge in [0.15, 0.2) is 5.43 Å². The summed E-state index contributed by atoms with van der Waals surface area (Å²) < 4.78 is 15.6. The van der Waals surface area contributed by atoms with Crippen LogP contribution >= 0.6 is 0 Å². The van der Waals surface area contributed by atoms with Crippen molar-refractivity contribution in [3.05, 3.63) is 34.4 Å². The highest BCUT2D eigenvalue weighted by atomic mass is 16.5. The molecule has 0 saturated carbocycles. The highest BCUT2D eigenvalue weighted by Crippen LogP contribution is 2.10. The lowest BCUT2D eigenvalue weighted by Crippen LogP contribution is -2.15. The Morgan fingerprint density at radius 2 is 2.18 bits per heavy atom. The SMILES string of the molecule is COCCCCC(Cc1cc(=O)cco1)OC. The first-order chi connectivity index (χ1) is 8.26. The number of rotatable bonds is 8. The van der Waals surface area contributed by atoms with Gasteiger partial charge in [0.05, 0.1) is 12.4 Å². The maximum absolute atomic E-state index is 11.1. The van der Waals surface area contributed by atoms with Crippen LogP contribution in [0.5, 0.6) is 0 Å².